The second-order valence-electron chi connectivity index (χ2n) is 5.50. The number of morpholine rings is 1. The molecule has 1 aromatic carbocycles. The molecule has 5 heteroatoms. The van der Waals surface area contributed by atoms with Gasteiger partial charge in [-0.1, -0.05) is 12.8 Å². The number of halogens is 1. The summed E-state index contributed by atoms with van der Waals surface area (Å²) < 4.78 is 6.64. The molecule has 1 amide bonds. The first-order valence-corrected chi connectivity index (χ1v) is 7.94. The first-order valence-electron chi connectivity index (χ1n) is 7.14. The monoisotopic (exact) mass is 338 g/mol. The largest absolute Gasteiger partial charge is 0.398 e. The van der Waals surface area contributed by atoms with Gasteiger partial charge < -0.3 is 15.4 Å². The molecular weight excluding hydrogens is 320 g/mol. The van der Waals surface area contributed by atoms with Gasteiger partial charge in [-0.2, -0.15) is 0 Å². The Morgan fingerprint density at radius 1 is 1.35 bits per heavy atom. The standard InChI is InChI=1S/C15H19BrN2O2/c16-11-6-5-10(9-12(11)17)15(19)18-7-8-20-14-4-2-1-3-13(14)18/h5-6,9,13-14H,1-4,7-8,17H2. The van der Waals surface area contributed by atoms with E-state index in [1.54, 1.807) is 6.07 Å². The van der Waals surface area contributed by atoms with Crippen LogP contribution in [-0.4, -0.2) is 36.1 Å². The molecule has 0 bridgehead atoms. The van der Waals surface area contributed by atoms with Crippen LogP contribution in [0.2, 0.25) is 0 Å². The minimum Gasteiger partial charge on any atom is -0.398 e. The average Bonchev–Trinajstić information content (AvgIpc) is 2.49. The third-order valence-corrected chi connectivity index (χ3v) is 4.96. The van der Waals surface area contributed by atoms with E-state index < -0.39 is 0 Å². The van der Waals surface area contributed by atoms with E-state index in [2.05, 4.69) is 15.9 Å². The van der Waals surface area contributed by atoms with Crippen molar-refractivity contribution in [1.82, 2.24) is 4.90 Å². The Morgan fingerprint density at radius 2 is 2.15 bits per heavy atom. The zero-order valence-corrected chi connectivity index (χ0v) is 12.9. The summed E-state index contributed by atoms with van der Waals surface area (Å²) in [6.45, 7) is 1.31. The molecular formula is C15H19BrN2O2. The lowest BCUT2D eigenvalue weighted by Gasteiger charge is -2.43. The fourth-order valence-electron chi connectivity index (χ4n) is 3.19. The van der Waals surface area contributed by atoms with E-state index in [-0.39, 0.29) is 18.1 Å². The normalized spacial score (nSPS) is 26.1. The van der Waals surface area contributed by atoms with Crippen LogP contribution in [0.1, 0.15) is 36.0 Å². The van der Waals surface area contributed by atoms with Crippen molar-refractivity contribution < 1.29 is 9.53 Å². The van der Waals surface area contributed by atoms with Crippen molar-refractivity contribution >= 4 is 27.5 Å². The minimum atomic E-state index is 0.0735. The lowest BCUT2D eigenvalue weighted by molar-refractivity contribution is -0.0752. The summed E-state index contributed by atoms with van der Waals surface area (Å²) in [6.07, 6.45) is 4.71. The van der Waals surface area contributed by atoms with Gasteiger partial charge in [0.1, 0.15) is 0 Å². The highest BCUT2D eigenvalue weighted by molar-refractivity contribution is 9.10. The smallest absolute Gasteiger partial charge is 0.254 e. The average molecular weight is 339 g/mol. The number of carbonyl (C=O) groups is 1. The predicted molar refractivity (Wildman–Crippen MR) is 81.6 cm³/mol. The molecule has 0 radical (unpaired) electrons. The van der Waals surface area contributed by atoms with Crippen LogP contribution < -0.4 is 5.73 Å². The molecule has 20 heavy (non-hydrogen) atoms. The topological polar surface area (TPSA) is 55.6 Å². The molecule has 1 aromatic rings. The van der Waals surface area contributed by atoms with Gasteiger partial charge >= 0.3 is 0 Å². The number of carbonyl (C=O) groups excluding carboxylic acids is 1. The quantitative estimate of drug-likeness (QED) is 0.801. The van der Waals surface area contributed by atoms with Crippen LogP contribution in [0.15, 0.2) is 22.7 Å². The number of nitrogen functional groups attached to an aromatic ring is 1. The molecule has 2 N–H and O–H groups in total. The van der Waals surface area contributed by atoms with Crippen LogP contribution in [0.5, 0.6) is 0 Å². The van der Waals surface area contributed by atoms with Crippen molar-refractivity contribution in [3.63, 3.8) is 0 Å². The summed E-state index contributed by atoms with van der Waals surface area (Å²) in [4.78, 5) is 14.7. The van der Waals surface area contributed by atoms with Crippen molar-refractivity contribution in [3.8, 4) is 0 Å². The van der Waals surface area contributed by atoms with Crippen LogP contribution in [0.25, 0.3) is 0 Å². The highest BCUT2D eigenvalue weighted by Gasteiger charge is 2.36. The van der Waals surface area contributed by atoms with E-state index in [0.29, 0.717) is 24.4 Å². The highest BCUT2D eigenvalue weighted by atomic mass is 79.9. The first kappa shape index (κ1) is 13.9. The Hall–Kier alpha value is -1.07. The second kappa shape index (κ2) is 5.74. The summed E-state index contributed by atoms with van der Waals surface area (Å²) in [6, 6.07) is 5.65. The van der Waals surface area contributed by atoms with Gasteiger partial charge in [0.15, 0.2) is 0 Å². The molecule has 108 valence electrons. The maximum Gasteiger partial charge on any atom is 0.254 e. The van der Waals surface area contributed by atoms with E-state index in [9.17, 15) is 4.79 Å². The number of nitrogens with two attached hydrogens (primary N) is 1. The molecule has 4 nitrogen and oxygen atoms in total. The van der Waals surface area contributed by atoms with Crippen molar-refractivity contribution in [1.29, 1.82) is 0 Å². The Bertz CT molecular complexity index is 519. The van der Waals surface area contributed by atoms with E-state index in [0.717, 1.165) is 17.3 Å². The maximum atomic E-state index is 12.7. The summed E-state index contributed by atoms with van der Waals surface area (Å²) in [5, 5.41) is 0. The summed E-state index contributed by atoms with van der Waals surface area (Å²) in [7, 11) is 0. The number of nitrogens with zero attached hydrogens (tertiary/aromatic N) is 1. The van der Waals surface area contributed by atoms with Crippen LogP contribution >= 0.6 is 15.9 Å². The van der Waals surface area contributed by atoms with Crippen LogP contribution in [0, 0.1) is 0 Å². The zero-order chi connectivity index (χ0) is 14.1. The summed E-state index contributed by atoms with van der Waals surface area (Å²) in [5.74, 6) is 0.0735. The van der Waals surface area contributed by atoms with E-state index >= 15 is 0 Å². The predicted octanol–water partition coefficient (Wildman–Crippen LogP) is 2.81. The van der Waals surface area contributed by atoms with Crippen LogP contribution in [-0.2, 0) is 4.74 Å². The van der Waals surface area contributed by atoms with Gasteiger partial charge in [0.2, 0.25) is 0 Å². The summed E-state index contributed by atoms with van der Waals surface area (Å²) in [5.41, 5.74) is 7.14. The fraction of sp³-hybridized carbons (Fsp3) is 0.533. The number of rotatable bonds is 1. The maximum absolute atomic E-state index is 12.7. The summed E-state index contributed by atoms with van der Waals surface area (Å²) >= 11 is 3.36. The first-order chi connectivity index (χ1) is 9.66. The Morgan fingerprint density at radius 3 is 2.95 bits per heavy atom. The van der Waals surface area contributed by atoms with E-state index in [1.807, 2.05) is 17.0 Å². The Balaban J connectivity index is 1.83. The molecule has 2 fully saturated rings. The third kappa shape index (κ3) is 2.56. The molecule has 2 atom stereocenters. The van der Waals surface area contributed by atoms with Gasteiger partial charge in [0.25, 0.3) is 5.91 Å². The van der Waals surface area contributed by atoms with Gasteiger partial charge in [-0.3, -0.25) is 4.79 Å². The van der Waals surface area contributed by atoms with Gasteiger partial charge in [0.05, 0.1) is 18.8 Å². The SMILES string of the molecule is Nc1cc(C(=O)N2CCOC3CCCCC32)ccc1Br. The molecule has 0 aromatic heterocycles. The van der Waals surface area contributed by atoms with Gasteiger partial charge in [-0.15, -0.1) is 0 Å². The number of amides is 1. The molecule has 2 unspecified atom stereocenters. The van der Waals surface area contributed by atoms with Crippen molar-refractivity contribution in [3.05, 3.63) is 28.2 Å². The lowest BCUT2D eigenvalue weighted by atomic mass is 9.89. The van der Waals surface area contributed by atoms with E-state index in [1.165, 1.54) is 12.8 Å². The number of fused-ring (bicyclic) bond motifs is 1. The number of anilines is 1. The Kier molecular flexibility index (Phi) is 3.98. The van der Waals surface area contributed by atoms with Crippen molar-refractivity contribution in [2.45, 2.75) is 37.8 Å². The molecule has 1 saturated carbocycles. The van der Waals surface area contributed by atoms with Crippen molar-refractivity contribution in [2.75, 3.05) is 18.9 Å². The zero-order valence-electron chi connectivity index (χ0n) is 11.3. The number of hydrogen-bond donors (Lipinski definition) is 1. The van der Waals surface area contributed by atoms with Gasteiger partial charge in [-0.25, -0.2) is 0 Å². The molecule has 1 aliphatic heterocycles. The van der Waals surface area contributed by atoms with Gasteiger partial charge in [-0.05, 0) is 47.0 Å². The van der Waals surface area contributed by atoms with Crippen LogP contribution in [0.3, 0.4) is 0 Å². The lowest BCUT2D eigenvalue weighted by Crippen LogP contribution is -2.54. The number of ether oxygens (including phenoxy) is 1. The number of hydrogen-bond acceptors (Lipinski definition) is 3. The van der Waals surface area contributed by atoms with Crippen LogP contribution in [0.4, 0.5) is 5.69 Å². The fourth-order valence-corrected chi connectivity index (χ4v) is 3.44. The molecule has 0 spiro atoms. The third-order valence-electron chi connectivity index (χ3n) is 4.24. The second-order valence-corrected chi connectivity index (χ2v) is 6.35. The number of benzene rings is 1. The van der Waals surface area contributed by atoms with E-state index in [4.69, 9.17) is 10.5 Å². The molecule has 2 aliphatic rings. The highest BCUT2D eigenvalue weighted by Crippen LogP contribution is 2.30. The van der Waals surface area contributed by atoms with Gasteiger partial charge in [0, 0.05) is 22.3 Å². The molecule has 1 saturated heterocycles. The Labute approximate surface area is 127 Å². The molecule has 1 heterocycles. The minimum absolute atomic E-state index is 0.0735. The molecule has 3 rings (SSSR count). The van der Waals surface area contributed by atoms with Crippen molar-refractivity contribution in [2.24, 2.45) is 0 Å². The molecule has 1 aliphatic carbocycles.